The molecule has 0 fully saturated rings. The normalized spacial score (nSPS) is 8.38. The van der Waals surface area contributed by atoms with Crippen molar-refractivity contribution in [3.8, 4) is 0 Å². The van der Waals surface area contributed by atoms with Crippen LogP contribution in [-0.4, -0.2) is 10.2 Å². The van der Waals surface area contributed by atoms with Crippen LogP contribution in [0.3, 0.4) is 0 Å². The van der Waals surface area contributed by atoms with E-state index < -0.39 is 0 Å². The van der Waals surface area contributed by atoms with Gasteiger partial charge >= 0.3 is 0 Å². The van der Waals surface area contributed by atoms with Gasteiger partial charge in [0.1, 0.15) is 0 Å². The highest BCUT2D eigenvalue weighted by atomic mass is 127. The number of carbonyl (C=O) groups is 1. The van der Waals surface area contributed by atoms with E-state index in [1.54, 1.807) is 6.08 Å². The molecule has 0 spiro atoms. The van der Waals surface area contributed by atoms with Crippen molar-refractivity contribution >= 4 is 28.4 Å². The lowest BCUT2D eigenvalue weighted by molar-refractivity contribution is -0.112. The molecule has 0 unspecified atom stereocenters. The molecule has 0 atom stereocenters. The van der Waals surface area contributed by atoms with Gasteiger partial charge in [0.15, 0.2) is 5.78 Å². The second-order valence-electron chi connectivity index (χ2n) is 1.82. The highest BCUT2D eigenvalue weighted by Crippen LogP contribution is 1.91. The monoisotopic (exact) mass is 224 g/mol. The first-order valence-electron chi connectivity index (χ1n) is 2.40. The maximum Gasteiger partial charge on any atom is 0.165 e. The van der Waals surface area contributed by atoms with Crippen LogP contribution in [0, 0.1) is 0 Å². The van der Waals surface area contributed by atoms with Crippen molar-refractivity contribution in [1.29, 1.82) is 0 Å². The first kappa shape index (κ1) is 8.14. The van der Waals surface area contributed by atoms with Gasteiger partial charge in [-0.05, 0) is 19.9 Å². The topological polar surface area (TPSA) is 17.1 Å². The maximum atomic E-state index is 10.5. The molecule has 0 saturated carbocycles. The second-order valence-corrected chi connectivity index (χ2v) is 2.58. The van der Waals surface area contributed by atoms with Gasteiger partial charge in [-0.15, -0.1) is 0 Å². The van der Waals surface area contributed by atoms with Crippen molar-refractivity contribution in [2.24, 2.45) is 0 Å². The minimum Gasteiger partial charge on any atom is -0.294 e. The molecule has 0 aromatic rings. The van der Waals surface area contributed by atoms with Gasteiger partial charge in [0, 0.05) is 0 Å². The van der Waals surface area contributed by atoms with E-state index in [1.165, 1.54) is 0 Å². The first-order valence-corrected chi connectivity index (χ1v) is 3.93. The Labute approximate surface area is 63.3 Å². The molecule has 2 heteroatoms. The van der Waals surface area contributed by atoms with Gasteiger partial charge < -0.3 is 0 Å². The molecule has 0 aromatic heterocycles. The summed E-state index contributed by atoms with van der Waals surface area (Å²) >= 11 is 2.05. The van der Waals surface area contributed by atoms with Crippen molar-refractivity contribution in [3.05, 3.63) is 11.6 Å². The van der Waals surface area contributed by atoms with E-state index in [-0.39, 0.29) is 5.78 Å². The van der Waals surface area contributed by atoms with Gasteiger partial charge in [-0.25, -0.2) is 0 Å². The summed E-state index contributed by atoms with van der Waals surface area (Å²) in [4.78, 5) is 10.5. The Morgan fingerprint density at radius 3 is 2.25 bits per heavy atom. The zero-order valence-corrected chi connectivity index (χ0v) is 7.23. The smallest absolute Gasteiger partial charge is 0.165 e. The lowest BCUT2D eigenvalue weighted by Gasteiger charge is -1.84. The van der Waals surface area contributed by atoms with Crippen molar-refractivity contribution in [2.75, 3.05) is 4.43 Å². The van der Waals surface area contributed by atoms with E-state index in [4.69, 9.17) is 0 Å². The van der Waals surface area contributed by atoms with Gasteiger partial charge in [0.25, 0.3) is 0 Å². The zero-order chi connectivity index (χ0) is 6.57. The Balaban J connectivity index is 3.70. The Morgan fingerprint density at radius 1 is 1.62 bits per heavy atom. The molecule has 0 aliphatic heterocycles. The number of hydrogen-bond donors (Lipinski definition) is 0. The number of allylic oxidation sites excluding steroid dienone is 2. The molecular formula is C6H9IO. The van der Waals surface area contributed by atoms with Crippen LogP contribution in [0.25, 0.3) is 0 Å². The third kappa shape index (κ3) is 4.30. The second kappa shape index (κ2) is 4.06. The predicted molar refractivity (Wildman–Crippen MR) is 43.3 cm³/mol. The summed E-state index contributed by atoms with van der Waals surface area (Å²) in [5.41, 5.74) is 1.08. The molecule has 46 valence electrons. The van der Waals surface area contributed by atoms with Crippen LogP contribution >= 0.6 is 22.6 Å². The quantitative estimate of drug-likeness (QED) is 0.398. The van der Waals surface area contributed by atoms with E-state index in [0.717, 1.165) is 5.57 Å². The van der Waals surface area contributed by atoms with E-state index >= 15 is 0 Å². The van der Waals surface area contributed by atoms with Crippen LogP contribution in [0.15, 0.2) is 11.6 Å². The summed E-state index contributed by atoms with van der Waals surface area (Å²) in [5, 5.41) is 0. The van der Waals surface area contributed by atoms with Crippen LogP contribution in [0.2, 0.25) is 0 Å². The number of alkyl halides is 1. The predicted octanol–water partition coefficient (Wildman–Crippen LogP) is 1.96. The molecule has 0 bridgehead atoms. The van der Waals surface area contributed by atoms with Crippen molar-refractivity contribution in [2.45, 2.75) is 13.8 Å². The summed E-state index contributed by atoms with van der Waals surface area (Å²) in [6.45, 7) is 3.84. The summed E-state index contributed by atoms with van der Waals surface area (Å²) in [6, 6.07) is 0. The van der Waals surface area contributed by atoms with E-state index in [2.05, 4.69) is 22.6 Å². The number of hydrogen-bond acceptors (Lipinski definition) is 1. The van der Waals surface area contributed by atoms with Crippen LogP contribution in [0.4, 0.5) is 0 Å². The highest BCUT2D eigenvalue weighted by Gasteiger charge is 1.89. The minimum absolute atomic E-state index is 0.200. The molecule has 0 radical (unpaired) electrons. The Kier molecular flexibility index (Phi) is 4.13. The number of carbonyl (C=O) groups excluding carboxylic acids is 1. The van der Waals surface area contributed by atoms with Gasteiger partial charge in [-0.3, -0.25) is 4.79 Å². The highest BCUT2D eigenvalue weighted by molar-refractivity contribution is 14.1. The molecule has 0 N–H and O–H groups in total. The van der Waals surface area contributed by atoms with Crippen molar-refractivity contribution in [3.63, 3.8) is 0 Å². The Morgan fingerprint density at radius 2 is 2.12 bits per heavy atom. The molecule has 1 nitrogen and oxygen atoms in total. The third-order valence-electron chi connectivity index (χ3n) is 0.581. The van der Waals surface area contributed by atoms with E-state index in [1.807, 2.05) is 13.8 Å². The molecule has 0 aromatic carbocycles. The fourth-order valence-corrected chi connectivity index (χ4v) is 0.581. The van der Waals surface area contributed by atoms with Crippen LogP contribution in [0.5, 0.6) is 0 Å². The first-order chi connectivity index (χ1) is 3.66. The molecule has 0 aliphatic carbocycles. The molecule has 8 heavy (non-hydrogen) atoms. The maximum absolute atomic E-state index is 10.5. The number of halogens is 1. The summed E-state index contributed by atoms with van der Waals surface area (Å²) in [7, 11) is 0. The Hall–Kier alpha value is 0.140. The minimum atomic E-state index is 0.200. The fraction of sp³-hybridized carbons (Fsp3) is 0.500. The average Bonchev–Trinajstić information content (AvgIpc) is 1.65. The lowest BCUT2D eigenvalue weighted by atomic mass is 10.3. The van der Waals surface area contributed by atoms with E-state index in [0.29, 0.717) is 4.43 Å². The number of rotatable bonds is 2. The molecule has 0 amide bonds. The average molecular weight is 224 g/mol. The van der Waals surface area contributed by atoms with Crippen LogP contribution in [0.1, 0.15) is 13.8 Å². The summed E-state index contributed by atoms with van der Waals surface area (Å²) in [6.07, 6.45) is 1.66. The van der Waals surface area contributed by atoms with E-state index in [9.17, 15) is 4.79 Å². The lowest BCUT2D eigenvalue weighted by Crippen LogP contribution is -1.92. The molecule has 0 rings (SSSR count). The van der Waals surface area contributed by atoms with Gasteiger partial charge in [-0.2, -0.15) is 0 Å². The molecule has 0 saturated heterocycles. The zero-order valence-electron chi connectivity index (χ0n) is 5.07. The summed E-state index contributed by atoms with van der Waals surface area (Å²) in [5.74, 6) is 0.200. The summed E-state index contributed by atoms with van der Waals surface area (Å²) < 4.78 is 0.586. The molecule has 0 aliphatic rings. The molecular weight excluding hydrogens is 215 g/mol. The van der Waals surface area contributed by atoms with Crippen molar-refractivity contribution in [1.82, 2.24) is 0 Å². The fourth-order valence-electron chi connectivity index (χ4n) is 0.361. The third-order valence-corrected chi connectivity index (χ3v) is 1.33. The van der Waals surface area contributed by atoms with Gasteiger partial charge in [-0.1, -0.05) is 28.2 Å². The molecule has 0 heterocycles. The van der Waals surface area contributed by atoms with Gasteiger partial charge in [0.2, 0.25) is 0 Å². The Bertz CT molecular complexity index is 112. The van der Waals surface area contributed by atoms with Gasteiger partial charge in [0.05, 0.1) is 4.43 Å². The van der Waals surface area contributed by atoms with Crippen LogP contribution < -0.4 is 0 Å². The largest absolute Gasteiger partial charge is 0.294 e. The van der Waals surface area contributed by atoms with Crippen molar-refractivity contribution < 1.29 is 4.79 Å². The SMILES string of the molecule is CC(C)=CC(=O)CI. The number of ketones is 1. The van der Waals surface area contributed by atoms with Crippen LogP contribution in [-0.2, 0) is 4.79 Å². The standard InChI is InChI=1S/C6H9IO/c1-5(2)3-6(8)4-7/h3H,4H2,1-2H3.